The molecule has 0 unspecified atom stereocenters. The number of amides is 2. The fraction of sp³-hybridized carbons (Fsp3) is 0.281. The fourth-order valence-electron chi connectivity index (χ4n) is 5.02. The number of carbonyl (C=O) groups is 2. The predicted molar refractivity (Wildman–Crippen MR) is 171 cm³/mol. The molecule has 4 rings (SSSR count). The lowest BCUT2D eigenvalue weighted by molar-refractivity contribution is -0.136. The van der Waals surface area contributed by atoms with E-state index in [1.54, 1.807) is 48.4 Å². The number of nitrogens with zero attached hydrogens (tertiary/aromatic N) is 6. The minimum atomic E-state index is -3.15. The fourth-order valence-corrected chi connectivity index (χ4v) is 5.19. The number of aromatic nitrogens is 3. The van der Waals surface area contributed by atoms with Crippen LogP contribution in [0.2, 0.25) is 5.02 Å². The summed E-state index contributed by atoms with van der Waals surface area (Å²) in [5.41, 5.74) is -0.0549. The molecule has 2 N–H and O–H groups in total. The summed E-state index contributed by atoms with van der Waals surface area (Å²) in [6, 6.07) is 7.52. The number of pyridine rings is 1. The van der Waals surface area contributed by atoms with Crippen molar-refractivity contribution >= 4 is 35.3 Å². The van der Waals surface area contributed by atoms with Crippen LogP contribution in [-0.2, 0) is 21.7 Å². The van der Waals surface area contributed by atoms with Gasteiger partial charge in [0.25, 0.3) is 5.91 Å². The van der Waals surface area contributed by atoms with E-state index in [2.05, 4.69) is 33.5 Å². The highest BCUT2D eigenvalue weighted by molar-refractivity contribution is 6.31. The van der Waals surface area contributed by atoms with E-state index in [0.29, 0.717) is 25.9 Å². The van der Waals surface area contributed by atoms with E-state index < -0.39 is 18.1 Å². The molecular formula is C32H34ClF2N7O4. The minimum Gasteiger partial charge on any atom is -0.434 e. The number of hydrogen-bond acceptors (Lipinski definition) is 8. The molecule has 1 fully saturated rings. The molecule has 2 amide bonds. The molecule has 0 atom stereocenters. The van der Waals surface area contributed by atoms with Crippen molar-refractivity contribution in [3.63, 3.8) is 0 Å². The third kappa shape index (κ3) is 8.03. The average molecular weight is 654 g/mol. The molecule has 0 spiro atoms. The average Bonchev–Trinajstić information content (AvgIpc) is 3.41. The third-order valence-electron chi connectivity index (χ3n) is 7.30. The van der Waals surface area contributed by atoms with Crippen LogP contribution in [0, 0.1) is 0 Å². The zero-order chi connectivity index (χ0) is 33.4. The molecule has 3 heterocycles. The van der Waals surface area contributed by atoms with E-state index in [1.807, 2.05) is 0 Å². The predicted octanol–water partition coefficient (Wildman–Crippen LogP) is 4.86. The van der Waals surface area contributed by atoms with Crippen molar-refractivity contribution in [3.8, 4) is 17.0 Å². The molecule has 3 aromatic rings. The molecule has 1 saturated heterocycles. The maximum Gasteiger partial charge on any atom is 0.387 e. The zero-order valence-corrected chi connectivity index (χ0v) is 26.1. The summed E-state index contributed by atoms with van der Waals surface area (Å²) >= 11 is 6.22. The number of benzene rings is 1. The lowest BCUT2D eigenvalue weighted by atomic mass is 9.85. The van der Waals surface area contributed by atoms with Crippen LogP contribution in [-0.4, -0.2) is 81.5 Å². The van der Waals surface area contributed by atoms with Crippen molar-refractivity contribution in [2.24, 2.45) is 4.99 Å². The molecule has 0 saturated carbocycles. The number of nitrogens with one attached hydrogen (secondary N) is 1. The second-order valence-corrected chi connectivity index (χ2v) is 11.0. The number of rotatable bonds is 12. The molecule has 0 radical (unpaired) electrons. The van der Waals surface area contributed by atoms with Crippen molar-refractivity contribution < 1.29 is 28.2 Å². The van der Waals surface area contributed by atoms with E-state index in [9.17, 15) is 23.5 Å². The van der Waals surface area contributed by atoms with Crippen molar-refractivity contribution in [2.45, 2.75) is 31.6 Å². The molecule has 0 bridgehead atoms. The van der Waals surface area contributed by atoms with Crippen molar-refractivity contribution in [1.82, 2.24) is 24.6 Å². The number of carbonyl (C=O) groups excluding carboxylic acids is 2. The first-order valence-corrected chi connectivity index (χ1v) is 14.6. The van der Waals surface area contributed by atoms with Crippen molar-refractivity contribution in [2.75, 3.05) is 32.5 Å². The maximum atomic E-state index is 13.5. The topological polar surface area (TPSA) is 125 Å². The lowest BCUT2D eigenvalue weighted by Gasteiger charge is -2.38. The van der Waals surface area contributed by atoms with Gasteiger partial charge in [0.15, 0.2) is 0 Å². The summed E-state index contributed by atoms with van der Waals surface area (Å²) in [5, 5.41) is 18.6. The Labute approximate surface area is 270 Å². The van der Waals surface area contributed by atoms with E-state index in [-0.39, 0.29) is 51.6 Å². The van der Waals surface area contributed by atoms with Crippen LogP contribution in [0.15, 0.2) is 90.6 Å². The highest BCUT2D eigenvalue weighted by Crippen LogP contribution is 2.37. The molecular weight excluding hydrogens is 620 g/mol. The van der Waals surface area contributed by atoms with Crippen LogP contribution >= 0.6 is 11.6 Å². The van der Waals surface area contributed by atoms with Crippen LogP contribution in [0.3, 0.4) is 0 Å². The number of allylic oxidation sites excluding steroid dienone is 1. The number of likely N-dealkylation sites (tertiary alicyclic amines) is 1. The van der Waals surface area contributed by atoms with Gasteiger partial charge in [0.05, 0.1) is 16.9 Å². The molecule has 11 nitrogen and oxygen atoms in total. The van der Waals surface area contributed by atoms with Gasteiger partial charge in [-0.05, 0) is 48.7 Å². The molecule has 1 aliphatic rings. The highest BCUT2D eigenvalue weighted by atomic mass is 35.5. The summed E-state index contributed by atoms with van der Waals surface area (Å²) < 4.78 is 32.7. The Bertz CT molecular complexity index is 1650. The van der Waals surface area contributed by atoms with Crippen LogP contribution in [0.5, 0.6) is 5.75 Å². The second kappa shape index (κ2) is 14.9. The van der Waals surface area contributed by atoms with Gasteiger partial charge in [-0.15, -0.1) is 0 Å². The van der Waals surface area contributed by atoms with Crippen LogP contribution in [0.1, 0.15) is 18.4 Å². The number of piperidine rings is 1. The Hall–Kier alpha value is -4.88. The zero-order valence-electron chi connectivity index (χ0n) is 25.4. The molecule has 0 aliphatic carbocycles. The Kier molecular flexibility index (Phi) is 11.0. The van der Waals surface area contributed by atoms with Gasteiger partial charge >= 0.3 is 6.61 Å². The summed E-state index contributed by atoms with van der Waals surface area (Å²) in [6.45, 7) is 4.55. The first-order valence-electron chi connectivity index (χ1n) is 14.2. The number of aliphatic imine (C=N–C) groups is 1. The summed E-state index contributed by atoms with van der Waals surface area (Å²) in [5.74, 6) is -0.879. The normalized spacial score (nSPS) is 15.0. The number of alkyl halides is 2. The van der Waals surface area contributed by atoms with Gasteiger partial charge in [0.2, 0.25) is 5.91 Å². The molecule has 1 aliphatic heterocycles. The van der Waals surface area contributed by atoms with Crippen LogP contribution in [0.4, 0.5) is 14.5 Å². The monoisotopic (exact) mass is 653 g/mol. The smallest absolute Gasteiger partial charge is 0.387 e. The number of hydrogen-bond donors (Lipinski definition) is 2. The highest BCUT2D eigenvalue weighted by Gasteiger charge is 2.35. The standard InChI is InChI=1S/C32H34ClF2N7O4/c1-5-13-37-29(40(3)4)23(6-2)30(44)38-25-19-42(39-28(25)24-18-22(33)7-8-26(24)46-31(34)35)20-27(43)41-16-11-32(45,12-17-41)21-9-14-36-15-10-21/h5-10,13-15,18-19,31,45H,1-2,11-12,16-17,20H2,3-4H3,(H,38,44)/b29-23+,37-13-. The molecule has 14 heteroatoms. The van der Waals surface area contributed by atoms with Gasteiger partial charge in [0.1, 0.15) is 23.8 Å². The number of anilines is 1. The quantitative estimate of drug-likeness (QED) is 0.162. The van der Waals surface area contributed by atoms with Crippen molar-refractivity contribution in [1.29, 1.82) is 0 Å². The summed E-state index contributed by atoms with van der Waals surface area (Å²) in [4.78, 5) is 38.4. The maximum absolute atomic E-state index is 13.5. The Morgan fingerprint density at radius 3 is 2.52 bits per heavy atom. The molecule has 2 aromatic heterocycles. The first-order chi connectivity index (χ1) is 21.9. The Morgan fingerprint density at radius 1 is 1.22 bits per heavy atom. The number of halogens is 3. The minimum absolute atomic E-state index is 0.0365. The van der Waals surface area contributed by atoms with E-state index in [1.165, 1.54) is 47.4 Å². The van der Waals surface area contributed by atoms with Gasteiger partial charge < -0.3 is 25.0 Å². The van der Waals surface area contributed by atoms with Crippen molar-refractivity contribution in [3.05, 3.63) is 96.2 Å². The van der Waals surface area contributed by atoms with Crippen LogP contribution < -0.4 is 10.1 Å². The van der Waals surface area contributed by atoms with E-state index >= 15 is 0 Å². The van der Waals surface area contributed by atoms with E-state index in [0.717, 1.165) is 5.56 Å². The molecule has 1 aromatic carbocycles. The van der Waals surface area contributed by atoms with Gasteiger partial charge in [-0.25, -0.2) is 4.99 Å². The number of aliphatic hydroxyl groups is 1. The third-order valence-corrected chi connectivity index (χ3v) is 7.53. The second-order valence-electron chi connectivity index (χ2n) is 10.6. The van der Waals surface area contributed by atoms with Gasteiger partial charge in [-0.3, -0.25) is 19.3 Å². The van der Waals surface area contributed by atoms with Gasteiger partial charge in [-0.1, -0.05) is 36.9 Å². The number of ether oxygens (including phenoxy) is 1. The summed E-state index contributed by atoms with van der Waals surface area (Å²) in [6.07, 6.45) is 9.47. The first kappa shape index (κ1) is 34.0. The SMILES string of the molecule is C=C/C=N\C(=C(\C=C)C(=O)Nc1cn(CC(=O)N2CCC(O)(c3ccncc3)CC2)nc1-c1cc(Cl)ccc1OC(F)F)N(C)C. The molecule has 242 valence electrons. The summed E-state index contributed by atoms with van der Waals surface area (Å²) in [7, 11) is 3.39. The Morgan fingerprint density at radius 2 is 1.91 bits per heavy atom. The molecule has 46 heavy (non-hydrogen) atoms. The van der Waals surface area contributed by atoms with E-state index in [4.69, 9.17) is 16.3 Å². The van der Waals surface area contributed by atoms with Crippen LogP contribution in [0.25, 0.3) is 11.3 Å². The van der Waals surface area contributed by atoms with Gasteiger partial charge in [0, 0.05) is 62.6 Å². The largest absolute Gasteiger partial charge is 0.434 e. The lowest BCUT2D eigenvalue weighted by Crippen LogP contribution is -2.46. The Balaban J connectivity index is 1.66. The van der Waals surface area contributed by atoms with Gasteiger partial charge in [-0.2, -0.15) is 13.9 Å².